The maximum atomic E-state index is 6.47. The average Bonchev–Trinajstić information content (AvgIpc) is 3.14. The molecule has 2 aliphatic heterocycles. The van der Waals surface area contributed by atoms with E-state index in [1.165, 1.54) is 55.0 Å². The zero-order valence-electron chi connectivity index (χ0n) is 21.4. The summed E-state index contributed by atoms with van der Waals surface area (Å²) in [6, 6.07) is 27.1. The zero-order chi connectivity index (χ0) is 24.3. The SMILES string of the molecule is CC(C)(C)c1ccc2c(c1)c1cc(C(C)(C)C)cc3c1n2-c1cccc2c1B3c1ccccc1O2. The predicted octanol–water partition coefficient (Wildman–Crippen LogP) is 6.31. The van der Waals surface area contributed by atoms with Gasteiger partial charge in [-0.15, -0.1) is 0 Å². The highest BCUT2D eigenvalue weighted by Crippen LogP contribution is 2.40. The molecule has 0 radical (unpaired) electrons. The monoisotopic (exact) mass is 455 g/mol. The number of para-hydroxylation sites is 1. The standard InChI is InChI=1S/C32H30BNO/c1-31(2,3)19-14-15-25-21(16-19)22-17-20(32(4,5)6)18-24-30(22)34(25)26-11-9-13-28-29(26)33(24)23-10-7-8-12-27(23)35-28/h7-18H,1-6H3. The minimum Gasteiger partial charge on any atom is -0.458 e. The molecule has 4 aromatic carbocycles. The summed E-state index contributed by atoms with van der Waals surface area (Å²) in [5.74, 6) is 1.94. The van der Waals surface area contributed by atoms with E-state index in [0.29, 0.717) is 0 Å². The highest BCUT2D eigenvalue weighted by Gasteiger charge is 2.40. The predicted molar refractivity (Wildman–Crippen MR) is 149 cm³/mol. The topological polar surface area (TPSA) is 14.2 Å². The molecule has 0 unspecified atom stereocenters. The van der Waals surface area contributed by atoms with Gasteiger partial charge in [0.2, 0.25) is 0 Å². The van der Waals surface area contributed by atoms with Crippen molar-refractivity contribution in [2.75, 3.05) is 0 Å². The summed E-state index contributed by atoms with van der Waals surface area (Å²) in [6.07, 6.45) is 0. The summed E-state index contributed by atoms with van der Waals surface area (Å²) in [4.78, 5) is 0. The van der Waals surface area contributed by atoms with Crippen molar-refractivity contribution in [2.24, 2.45) is 0 Å². The highest BCUT2D eigenvalue weighted by molar-refractivity contribution is 6.99. The quantitative estimate of drug-likeness (QED) is 0.244. The number of benzene rings is 4. The first-order valence-electron chi connectivity index (χ1n) is 12.7. The van der Waals surface area contributed by atoms with E-state index in [4.69, 9.17) is 4.74 Å². The fraction of sp³-hybridized carbons (Fsp3) is 0.250. The van der Waals surface area contributed by atoms with Crippen LogP contribution in [0.5, 0.6) is 11.5 Å². The van der Waals surface area contributed by atoms with Gasteiger partial charge in [0.05, 0.1) is 5.52 Å². The maximum absolute atomic E-state index is 6.47. The van der Waals surface area contributed by atoms with E-state index in [2.05, 4.69) is 119 Å². The number of nitrogens with zero attached hydrogens (tertiary/aromatic N) is 1. The van der Waals surface area contributed by atoms with Gasteiger partial charge in [-0.1, -0.05) is 77.9 Å². The van der Waals surface area contributed by atoms with Crippen LogP contribution in [0, 0.1) is 0 Å². The second kappa shape index (κ2) is 6.60. The summed E-state index contributed by atoms with van der Waals surface area (Å²) in [6.45, 7) is 14.0. The first-order chi connectivity index (χ1) is 16.6. The van der Waals surface area contributed by atoms with Gasteiger partial charge in [-0.3, -0.25) is 0 Å². The van der Waals surface area contributed by atoms with Crippen molar-refractivity contribution < 1.29 is 4.74 Å². The molecule has 35 heavy (non-hydrogen) atoms. The second-order valence-electron chi connectivity index (χ2n) is 12.3. The minimum absolute atomic E-state index is 0.0469. The van der Waals surface area contributed by atoms with Gasteiger partial charge in [-0.05, 0) is 74.7 Å². The molecule has 0 saturated carbocycles. The molecule has 0 saturated heterocycles. The molecule has 3 heterocycles. The van der Waals surface area contributed by atoms with Crippen molar-refractivity contribution in [3.63, 3.8) is 0 Å². The van der Waals surface area contributed by atoms with E-state index in [1.807, 2.05) is 0 Å². The number of aromatic nitrogens is 1. The van der Waals surface area contributed by atoms with Crippen molar-refractivity contribution in [3.8, 4) is 17.2 Å². The number of fused-ring (bicyclic) bond motifs is 7. The molecule has 0 aliphatic carbocycles. The number of hydrogen-bond donors (Lipinski definition) is 0. The Morgan fingerprint density at radius 2 is 1.37 bits per heavy atom. The van der Waals surface area contributed by atoms with Crippen LogP contribution in [-0.4, -0.2) is 11.3 Å². The molecule has 2 aliphatic rings. The Bertz CT molecular complexity index is 1690. The minimum atomic E-state index is 0.0469. The van der Waals surface area contributed by atoms with E-state index in [9.17, 15) is 0 Å². The van der Waals surface area contributed by atoms with Crippen molar-refractivity contribution in [1.82, 2.24) is 4.57 Å². The first-order valence-corrected chi connectivity index (χ1v) is 12.7. The smallest absolute Gasteiger partial charge is 0.256 e. The molecule has 5 aromatic rings. The van der Waals surface area contributed by atoms with Gasteiger partial charge in [0, 0.05) is 22.0 Å². The lowest BCUT2D eigenvalue weighted by molar-refractivity contribution is 0.487. The average molecular weight is 455 g/mol. The first kappa shape index (κ1) is 20.9. The van der Waals surface area contributed by atoms with Crippen LogP contribution in [0.2, 0.25) is 0 Å². The molecule has 2 nitrogen and oxygen atoms in total. The van der Waals surface area contributed by atoms with Crippen LogP contribution in [0.3, 0.4) is 0 Å². The Morgan fingerprint density at radius 3 is 2.14 bits per heavy atom. The lowest BCUT2D eigenvalue weighted by atomic mass is 9.34. The van der Waals surface area contributed by atoms with E-state index < -0.39 is 0 Å². The Kier molecular flexibility index (Phi) is 3.94. The summed E-state index contributed by atoms with van der Waals surface area (Å²) >= 11 is 0. The molecule has 1 aromatic heterocycles. The second-order valence-corrected chi connectivity index (χ2v) is 12.3. The Morgan fingerprint density at radius 1 is 0.657 bits per heavy atom. The molecular weight excluding hydrogens is 425 g/mol. The molecular formula is C32H30BNO. The summed E-state index contributed by atoms with van der Waals surface area (Å²) in [7, 11) is 0. The fourth-order valence-electron chi connectivity index (χ4n) is 6.06. The van der Waals surface area contributed by atoms with Crippen LogP contribution in [-0.2, 0) is 10.8 Å². The molecule has 0 amide bonds. The van der Waals surface area contributed by atoms with Gasteiger partial charge in [-0.25, -0.2) is 0 Å². The van der Waals surface area contributed by atoms with Crippen molar-refractivity contribution in [2.45, 2.75) is 52.4 Å². The van der Waals surface area contributed by atoms with E-state index in [-0.39, 0.29) is 17.5 Å². The molecule has 0 spiro atoms. The van der Waals surface area contributed by atoms with Gasteiger partial charge in [-0.2, -0.15) is 0 Å². The van der Waals surface area contributed by atoms with Gasteiger partial charge < -0.3 is 9.30 Å². The van der Waals surface area contributed by atoms with Crippen LogP contribution in [0.4, 0.5) is 0 Å². The third-order valence-corrected chi connectivity index (χ3v) is 7.96. The Balaban J connectivity index is 1.70. The van der Waals surface area contributed by atoms with Crippen molar-refractivity contribution in [1.29, 1.82) is 0 Å². The molecule has 3 heteroatoms. The molecule has 0 atom stereocenters. The van der Waals surface area contributed by atoms with Gasteiger partial charge in [0.25, 0.3) is 6.71 Å². The Hall–Kier alpha value is -3.46. The van der Waals surface area contributed by atoms with Crippen LogP contribution in [0.1, 0.15) is 52.7 Å². The van der Waals surface area contributed by atoms with Crippen LogP contribution < -0.4 is 21.1 Å². The third kappa shape index (κ3) is 2.78. The van der Waals surface area contributed by atoms with Crippen LogP contribution in [0.15, 0.2) is 72.8 Å². The molecule has 0 bridgehead atoms. The van der Waals surface area contributed by atoms with Crippen molar-refractivity contribution in [3.05, 3.63) is 83.9 Å². The largest absolute Gasteiger partial charge is 0.458 e. The highest BCUT2D eigenvalue weighted by atomic mass is 16.5. The van der Waals surface area contributed by atoms with Crippen LogP contribution >= 0.6 is 0 Å². The molecule has 0 fully saturated rings. The summed E-state index contributed by atoms with van der Waals surface area (Å²) in [5, 5.41) is 2.69. The summed E-state index contributed by atoms with van der Waals surface area (Å²) in [5.41, 5.74) is 10.7. The van der Waals surface area contributed by atoms with Crippen molar-refractivity contribution >= 4 is 44.9 Å². The summed E-state index contributed by atoms with van der Waals surface area (Å²) < 4.78 is 8.96. The number of rotatable bonds is 0. The molecule has 0 N–H and O–H groups in total. The third-order valence-electron chi connectivity index (χ3n) is 7.96. The van der Waals surface area contributed by atoms with Gasteiger partial charge in [0.1, 0.15) is 11.5 Å². The fourth-order valence-corrected chi connectivity index (χ4v) is 6.06. The lowest BCUT2D eigenvalue weighted by Crippen LogP contribution is -2.58. The molecule has 7 rings (SSSR count). The lowest BCUT2D eigenvalue weighted by Gasteiger charge is -2.34. The van der Waals surface area contributed by atoms with E-state index >= 15 is 0 Å². The van der Waals surface area contributed by atoms with Gasteiger partial charge >= 0.3 is 0 Å². The van der Waals surface area contributed by atoms with E-state index in [0.717, 1.165) is 11.5 Å². The van der Waals surface area contributed by atoms with E-state index in [1.54, 1.807) is 0 Å². The zero-order valence-corrected chi connectivity index (χ0v) is 21.4. The Labute approximate surface area is 207 Å². The normalized spacial score (nSPS) is 14.2. The number of ether oxygens (including phenoxy) is 1. The number of hydrogen-bond acceptors (Lipinski definition) is 1. The van der Waals surface area contributed by atoms with Gasteiger partial charge in [0.15, 0.2) is 0 Å². The maximum Gasteiger partial charge on any atom is 0.256 e. The van der Waals surface area contributed by atoms with Crippen LogP contribution in [0.25, 0.3) is 27.5 Å². The molecule has 172 valence electrons.